The summed E-state index contributed by atoms with van der Waals surface area (Å²) in [5, 5.41) is 4.24. The molecular weight excluding hydrogens is 200 g/mol. The fourth-order valence-corrected chi connectivity index (χ4v) is 4.32. The number of hydrazone groups is 1. The Morgan fingerprint density at radius 1 is 1.06 bits per heavy atom. The van der Waals surface area contributed by atoms with Crippen LogP contribution in [0.1, 0.15) is 26.7 Å². The highest BCUT2D eigenvalue weighted by atomic mass is 15.4. The number of nitrogens with two attached hydrogens (primary N) is 1. The van der Waals surface area contributed by atoms with Crippen LogP contribution in [0.3, 0.4) is 0 Å². The van der Waals surface area contributed by atoms with Crippen molar-refractivity contribution in [2.24, 2.45) is 21.8 Å². The van der Waals surface area contributed by atoms with E-state index in [1.165, 1.54) is 5.71 Å². The molecule has 2 N–H and O–H groups in total. The molecule has 4 nitrogen and oxygen atoms in total. The molecule has 4 saturated heterocycles. The second kappa shape index (κ2) is 3.20. The second-order valence-electron chi connectivity index (χ2n) is 5.86. The summed E-state index contributed by atoms with van der Waals surface area (Å²) in [5.41, 5.74) is 1.82. The first-order valence-electron chi connectivity index (χ1n) is 6.41. The summed E-state index contributed by atoms with van der Waals surface area (Å²) >= 11 is 0. The van der Waals surface area contributed by atoms with Crippen LogP contribution in [0.4, 0.5) is 0 Å². The van der Waals surface area contributed by atoms with Gasteiger partial charge in [0.1, 0.15) is 0 Å². The largest absolute Gasteiger partial charge is 0.323 e. The van der Waals surface area contributed by atoms with Crippen LogP contribution in [0, 0.1) is 10.8 Å². The molecule has 4 rings (SSSR count). The monoisotopic (exact) mass is 222 g/mol. The molecule has 0 atom stereocenters. The Labute approximate surface area is 97.5 Å². The standard InChI is InChI=1S/C12H22N4/c1-3-11-5-15-7-12(4-2,10(11)14-13)8-16(6-11)9-15/h3-9,13H2,1-2H3. The molecule has 0 amide bonds. The molecular formula is C12H22N4. The van der Waals surface area contributed by atoms with Gasteiger partial charge in [-0.3, -0.25) is 9.80 Å². The first-order chi connectivity index (χ1) is 7.68. The summed E-state index contributed by atoms with van der Waals surface area (Å²) in [6.07, 6.45) is 2.33. The lowest BCUT2D eigenvalue weighted by Crippen LogP contribution is -2.76. The molecule has 4 heteroatoms. The van der Waals surface area contributed by atoms with Gasteiger partial charge in [-0.15, -0.1) is 0 Å². The third kappa shape index (κ3) is 1.09. The Bertz CT molecular complexity index is 296. The van der Waals surface area contributed by atoms with Crippen LogP contribution in [-0.4, -0.2) is 48.4 Å². The van der Waals surface area contributed by atoms with Crippen LogP contribution in [0.2, 0.25) is 0 Å². The number of hydrogen-bond donors (Lipinski definition) is 1. The van der Waals surface area contributed by atoms with Crippen molar-refractivity contribution in [1.82, 2.24) is 9.80 Å². The minimum absolute atomic E-state index is 0.250. The van der Waals surface area contributed by atoms with Gasteiger partial charge in [0, 0.05) is 37.0 Å². The van der Waals surface area contributed by atoms with Crippen LogP contribution in [0.5, 0.6) is 0 Å². The molecule has 4 aliphatic heterocycles. The molecule has 0 saturated carbocycles. The highest BCUT2D eigenvalue weighted by Crippen LogP contribution is 2.49. The SMILES string of the molecule is CCC12CN3CN(C1)CC(CC)(C3)C2=NN. The highest BCUT2D eigenvalue weighted by molar-refractivity contribution is 5.97. The van der Waals surface area contributed by atoms with Gasteiger partial charge in [-0.05, 0) is 12.8 Å². The minimum atomic E-state index is 0.250. The van der Waals surface area contributed by atoms with E-state index < -0.39 is 0 Å². The summed E-state index contributed by atoms with van der Waals surface area (Å²) < 4.78 is 0. The summed E-state index contributed by atoms with van der Waals surface area (Å²) in [5.74, 6) is 5.73. The van der Waals surface area contributed by atoms with Crippen molar-refractivity contribution in [2.75, 3.05) is 32.8 Å². The van der Waals surface area contributed by atoms with Gasteiger partial charge in [0.25, 0.3) is 0 Å². The molecule has 0 aromatic carbocycles. The Morgan fingerprint density at radius 2 is 1.50 bits per heavy atom. The van der Waals surface area contributed by atoms with Crippen molar-refractivity contribution in [3.05, 3.63) is 0 Å². The molecule has 0 spiro atoms. The maximum absolute atomic E-state index is 5.73. The van der Waals surface area contributed by atoms with E-state index in [4.69, 9.17) is 5.84 Å². The lowest BCUT2D eigenvalue weighted by molar-refractivity contribution is -0.0871. The van der Waals surface area contributed by atoms with Crippen LogP contribution >= 0.6 is 0 Å². The average molecular weight is 222 g/mol. The third-order valence-corrected chi connectivity index (χ3v) is 4.99. The van der Waals surface area contributed by atoms with Crippen LogP contribution < -0.4 is 5.84 Å². The third-order valence-electron chi connectivity index (χ3n) is 4.99. The normalized spacial score (nSPS) is 49.8. The van der Waals surface area contributed by atoms with Crippen molar-refractivity contribution in [3.8, 4) is 0 Å². The fourth-order valence-electron chi connectivity index (χ4n) is 4.32. The Balaban J connectivity index is 2.09. The predicted octanol–water partition coefficient (Wildman–Crippen LogP) is 0.696. The minimum Gasteiger partial charge on any atom is -0.323 e. The van der Waals surface area contributed by atoms with Gasteiger partial charge in [0.2, 0.25) is 0 Å². The molecule has 0 unspecified atom stereocenters. The number of nitrogens with zero attached hydrogens (tertiary/aromatic N) is 3. The summed E-state index contributed by atoms with van der Waals surface area (Å²) in [6.45, 7) is 10.4. The zero-order valence-corrected chi connectivity index (χ0v) is 10.4. The average Bonchev–Trinajstić information content (AvgIpc) is 2.28. The van der Waals surface area contributed by atoms with Gasteiger partial charge in [-0.25, -0.2) is 0 Å². The van der Waals surface area contributed by atoms with Crippen LogP contribution in [0.25, 0.3) is 0 Å². The molecule has 4 aliphatic rings. The predicted molar refractivity (Wildman–Crippen MR) is 65.1 cm³/mol. The molecule has 0 aromatic rings. The first kappa shape index (κ1) is 10.5. The van der Waals surface area contributed by atoms with E-state index in [9.17, 15) is 0 Å². The summed E-state index contributed by atoms with van der Waals surface area (Å²) in [4.78, 5) is 5.18. The van der Waals surface area contributed by atoms with Crippen molar-refractivity contribution < 1.29 is 0 Å². The van der Waals surface area contributed by atoms with Crippen molar-refractivity contribution in [3.63, 3.8) is 0 Å². The molecule has 4 bridgehead atoms. The fraction of sp³-hybridized carbons (Fsp3) is 0.917. The van der Waals surface area contributed by atoms with Crippen molar-refractivity contribution >= 4 is 5.71 Å². The Hall–Kier alpha value is -0.610. The van der Waals surface area contributed by atoms with Gasteiger partial charge in [-0.1, -0.05) is 13.8 Å². The molecule has 4 heterocycles. The van der Waals surface area contributed by atoms with Crippen molar-refractivity contribution in [1.29, 1.82) is 0 Å². The maximum atomic E-state index is 5.73. The lowest BCUT2D eigenvalue weighted by Gasteiger charge is -2.64. The molecule has 0 aromatic heterocycles. The first-order valence-corrected chi connectivity index (χ1v) is 6.41. The van der Waals surface area contributed by atoms with E-state index in [1.807, 2.05) is 0 Å². The van der Waals surface area contributed by atoms with E-state index in [2.05, 4.69) is 28.7 Å². The number of rotatable bonds is 2. The molecule has 0 aliphatic carbocycles. The zero-order valence-electron chi connectivity index (χ0n) is 10.4. The Morgan fingerprint density at radius 3 is 1.81 bits per heavy atom. The zero-order chi connectivity index (χ0) is 11.4. The van der Waals surface area contributed by atoms with Gasteiger partial charge < -0.3 is 5.84 Å². The van der Waals surface area contributed by atoms with Crippen LogP contribution in [0.15, 0.2) is 5.10 Å². The topological polar surface area (TPSA) is 44.9 Å². The lowest BCUT2D eigenvalue weighted by atomic mass is 9.58. The maximum Gasteiger partial charge on any atom is 0.0550 e. The van der Waals surface area contributed by atoms with E-state index in [0.29, 0.717) is 0 Å². The van der Waals surface area contributed by atoms with Gasteiger partial charge >= 0.3 is 0 Å². The quantitative estimate of drug-likeness (QED) is 0.552. The molecule has 0 radical (unpaired) electrons. The van der Waals surface area contributed by atoms with Crippen LogP contribution in [-0.2, 0) is 0 Å². The van der Waals surface area contributed by atoms with E-state index in [1.54, 1.807) is 0 Å². The van der Waals surface area contributed by atoms with Crippen molar-refractivity contribution in [2.45, 2.75) is 26.7 Å². The summed E-state index contributed by atoms with van der Waals surface area (Å²) in [6, 6.07) is 0. The smallest absolute Gasteiger partial charge is 0.0550 e. The van der Waals surface area contributed by atoms with Gasteiger partial charge in [0.15, 0.2) is 0 Å². The number of hydrogen-bond acceptors (Lipinski definition) is 4. The van der Waals surface area contributed by atoms with Gasteiger partial charge in [0.05, 0.1) is 12.4 Å². The van der Waals surface area contributed by atoms with E-state index >= 15 is 0 Å². The summed E-state index contributed by atoms with van der Waals surface area (Å²) in [7, 11) is 0. The Kier molecular flexibility index (Phi) is 2.11. The van der Waals surface area contributed by atoms with E-state index in [-0.39, 0.29) is 10.8 Å². The molecule has 16 heavy (non-hydrogen) atoms. The highest BCUT2D eigenvalue weighted by Gasteiger charge is 2.59. The van der Waals surface area contributed by atoms with Gasteiger partial charge in [-0.2, -0.15) is 5.10 Å². The van der Waals surface area contributed by atoms with E-state index in [0.717, 1.165) is 45.7 Å². The number of piperidine rings is 2. The second-order valence-corrected chi connectivity index (χ2v) is 5.86. The molecule has 90 valence electrons. The molecule has 4 fully saturated rings.